The van der Waals surface area contributed by atoms with Gasteiger partial charge in [0.15, 0.2) is 0 Å². The van der Waals surface area contributed by atoms with Crippen molar-refractivity contribution >= 4 is 40.3 Å². The van der Waals surface area contributed by atoms with Crippen LogP contribution in [0.5, 0.6) is 0 Å². The third-order valence-electron chi connectivity index (χ3n) is 7.98. The summed E-state index contributed by atoms with van der Waals surface area (Å²) in [7, 11) is -0.659. The number of hydrogen-bond donors (Lipinski definition) is 0. The van der Waals surface area contributed by atoms with Crippen LogP contribution in [0.1, 0.15) is 38.5 Å². The van der Waals surface area contributed by atoms with Crippen molar-refractivity contribution in [2.75, 3.05) is 31.1 Å². The summed E-state index contributed by atoms with van der Waals surface area (Å²) in [6, 6.07) is 36.9. The molecule has 4 aromatic carbocycles. The Morgan fingerprint density at radius 1 is 0.611 bits per heavy atom. The Morgan fingerprint density at radius 3 is 1.97 bits per heavy atom. The first-order chi connectivity index (χ1) is 17.9. The molecule has 6 rings (SSSR count). The molecule has 1 atom stereocenters. The summed E-state index contributed by atoms with van der Waals surface area (Å²) in [4.78, 5) is 5.57. The van der Waals surface area contributed by atoms with E-state index in [1.807, 2.05) is 0 Å². The summed E-state index contributed by atoms with van der Waals surface area (Å²) in [5.74, 6) is 0. The molecule has 0 radical (unpaired) electrons. The predicted molar refractivity (Wildman–Crippen MR) is 158 cm³/mol. The topological polar surface area (TPSA) is 6.48 Å². The van der Waals surface area contributed by atoms with Crippen LogP contribution in [0.2, 0.25) is 0 Å². The molecular formula is C33H37N2P. The molecule has 0 unspecified atom stereocenters. The molecule has 0 saturated carbocycles. The highest BCUT2D eigenvalue weighted by Gasteiger charge is 2.30. The fourth-order valence-corrected chi connectivity index (χ4v) is 8.71. The van der Waals surface area contributed by atoms with Crippen LogP contribution in [0.3, 0.4) is 0 Å². The molecule has 36 heavy (non-hydrogen) atoms. The van der Waals surface area contributed by atoms with Gasteiger partial charge in [0.1, 0.15) is 0 Å². The second kappa shape index (κ2) is 11.2. The van der Waals surface area contributed by atoms with E-state index in [4.69, 9.17) is 0 Å². The molecule has 0 aromatic heterocycles. The Balaban J connectivity index is 1.51. The zero-order chi connectivity index (χ0) is 24.2. The van der Waals surface area contributed by atoms with Gasteiger partial charge in [0.05, 0.1) is 5.69 Å². The van der Waals surface area contributed by atoms with Gasteiger partial charge in [0, 0.05) is 29.8 Å². The number of fused-ring (bicyclic) bond motifs is 1. The molecule has 2 aliphatic rings. The lowest BCUT2D eigenvalue weighted by Gasteiger charge is -2.43. The highest BCUT2D eigenvalue weighted by Crippen LogP contribution is 2.41. The van der Waals surface area contributed by atoms with Crippen molar-refractivity contribution in [2.24, 2.45) is 0 Å². The number of anilines is 1. The molecule has 0 spiro atoms. The minimum atomic E-state index is -0.659. The Hall–Kier alpha value is -2.67. The van der Waals surface area contributed by atoms with Crippen LogP contribution >= 0.6 is 7.92 Å². The molecule has 2 aliphatic heterocycles. The van der Waals surface area contributed by atoms with Crippen LogP contribution in [0.15, 0.2) is 97.1 Å². The van der Waals surface area contributed by atoms with E-state index in [9.17, 15) is 0 Å². The number of likely N-dealkylation sites (tertiary alicyclic amines) is 1. The fourth-order valence-electron chi connectivity index (χ4n) is 6.23. The van der Waals surface area contributed by atoms with Crippen molar-refractivity contribution in [3.05, 3.63) is 97.1 Å². The molecule has 0 N–H and O–H groups in total. The van der Waals surface area contributed by atoms with E-state index in [0.717, 1.165) is 6.54 Å². The lowest BCUT2D eigenvalue weighted by Crippen LogP contribution is -2.49. The van der Waals surface area contributed by atoms with Gasteiger partial charge < -0.3 is 9.80 Å². The van der Waals surface area contributed by atoms with Crippen LogP contribution in [0.25, 0.3) is 10.8 Å². The number of hydrogen-bond acceptors (Lipinski definition) is 2. The van der Waals surface area contributed by atoms with Crippen molar-refractivity contribution in [3.63, 3.8) is 0 Å². The third-order valence-corrected chi connectivity index (χ3v) is 10.5. The van der Waals surface area contributed by atoms with Crippen LogP contribution in [0, 0.1) is 0 Å². The Morgan fingerprint density at radius 2 is 1.25 bits per heavy atom. The molecule has 3 heteroatoms. The van der Waals surface area contributed by atoms with Gasteiger partial charge in [-0.3, -0.25) is 0 Å². The first kappa shape index (κ1) is 23.7. The van der Waals surface area contributed by atoms with Crippen molar-refractivity contribution in [3.8, 4) is 0 Å². The van der Waals surface area contributed by atoms with Crippen molar-refractivity contribution in [1.29, 1.82) is 0 Å². The predicted octanol–water partition coefficient (Wildman–Crippen LogP) is 6.44. The second-order valence-electron chi connectivity index (χ2n) is 10.4. The molecule has 184 valence electrons. The lowest BCUT2D eigenvalue weighted by atomic mass is 9.98. The first-order valence-corrected chi connectivity index (χ1v) is 15.1. The summed E-state index contributed by atoms with van der Waals surface area (Å²) in [6.07, 6.45) is 8.05. The van der Waals surface area contributed by atoms with Gasteiger partial charge in [-0.15, -0.1) is 0 Å². The number of nitrogens with zero attached hydrogens (tertiary/aromatic N) is 2. The summed E-state index contributed by atoms with van der Waals surface area (Å²) in [5.41, 5.74) is 1.49. The average molecular weight is 493 g/mol. The highest BCUT2D eigenvalue weighted by atomic mass is 31.1. The number of rotatable bonds is 6. The summed E-state index contributed by atoms with van der Waals surface area (Å²) >= 11 is 0. The van der Waals surface area contributed by atoms with Gasteiger partial charge >= 0.3 is 0 Å². The van der Waals surface area contributed by atoms with E-state index >= 15 is 0 Å². The maximum absolute atomic E-state index is 2.83. The van der Waals surface area contributed by atoms with E-state index in [1.165, 1.54) is 90.5 Å². The smallest absolute Gasteiger partial charge is 0.0533 e. The zero-order valence-corrected chi connectivity index (χ0v) is 22.1. The number of piperidine rings is 2. The standard InChI is InChI=1S/C33H37N2P/c1-4-16-29(17-5-1)36(30-18-6-2-7-19-30)32-22-21-27-14-8-9-20-31(27)33(32)35-25-13-10-15-28(35)26-34-23-11-3-12-24-34/h1-2,4-9,14,16-22,28H,3,10-13,15,23-26H2/t28-/m0/s1. The SMILES string of the molecule is c1ccc(P(c2ccccc2)c2ccc3ccccc3c2N2CCCC[C@H]2CN2CCCCC2)cc1. The summed E-state index contributed by atoms with van der Waals surface area (Å²) < 4.78 is 0. The van der Waals surface area contributed by atoms with Gasteiger partial charge in [-0.25, -0.2) is 0 Å². The van der Waals surface area contributed by atoms with Gasteiger partial charge in [-0.1, -0.05) is 103 Å². The monoisotopic (exact) mass is 492 g/mol. The van der Waals surface area contributed by atoms with Gasteiger partial charge in [0.25, 0.3) is 0 Å². The summed E-state index contributed by atoms with van der Waals surface area (Å²) in [5, 5.41) is 7.14. The average Bonchev–Trinajstić information content (AvgIpc) is 2.95. The maximum atomic E-state index is 2.83. The molecule has 4 aromatic rings. The molecule has 0 bridgehead atoms. The largest absolute Gasteiger partial charge is 0.366 e. The van der Waals surface area contributed by atoms with E-state index in [-0.39, 0.29) is 0 Å². The minimum Gasteiger partial charge on any atom is -0.366 e. The van der Waals surface area contributed by atoms with Crippen LogP contribution in [0.4, 0.5) is 5.69 Å². The molecule has 2 saturated heterocycles. The van der Waals surface area contributed by atoms with Crippen LogP contribution < -0.4 is 20.8 Å². The molecule has 0 amide bonds. The number of benzene rings is 4. The Kier molecular flexibility index (Phi) is 7.35. The fraction of sp³-hybridized carbons (Fsp3) is 0.333. The second-order valence-corrected chi connectivity index (χ2v) is 12.6. The molecule has 2 fully saturated rings. The van der Waals surface area contributed by atoms with Crippen LogP contribution in [-0.4, -0.2) is 37.1 Å². The van der Waals surface area contributed by atoms with Crippen molar-refractivity contribution in [2.45, 2.75) is 44.6 Å². The quantitative estimate of drug-likeness (QED) is 0.286. The van der Waals surface area contributed by atoms with Crippen molar-refractivity contribution in [1.82, 2.24) is 4.90 Å². The zero-order valence-electron chi connectivity index (χ0n) is 21.2. The van der Waals surface area contributed by atoms with Gasteiger partial charge in [0.2, 0.25) is 0 Å². The molecule has 2 nitrogen and oxygen atoms in total. The van der Waals surface area contributed by atoms with E-state index in [0.29, 0.717) is 6.04 Å². The van der Waals surface area contributed by atoms with Gasteiger partial charge in [-0.05, 0) is 69.1 Å². The Labute approximate surface area is 217 Å². The first-order valence-electron chi connectivity index (χ1n) is 13.8. The highest BCUT2D eigenvalue weighted by molar-refractivity contribution is 7.80. The molecule has 0 aliphatic carbocycles. The molecular weight excluding hydrogens is 455 g/mol. The maximum Gasteiger partial charge on any atom is 0.0533 e. The van der Waals surface area contributed by atoms with Gasteiger partial charge in [-0.2, -0.15) is 0 Å². The normalized spacial score (nSPS) is 19.1. The van der Waals surface area contributed by atoms with E-state index < -0.39 is 7.92 Å². The summed E-state index contributed by atoms with van der Waals surface area (Å²) in [6.45, 7) is 4.91. The lowest BCUT2D eigenvalue weighted by molar-refractivity contribution is 0.204. The van der Waals surface area contributed by atoms with Crippen LogP contribution in [-0.2, 0) is 0 Å². The molecule has 2 heterocycles. The van der Waals surface area contributed by atoms with E-state index in [1.54, 1.807) is 0 Å². The minimum absolute atomic E-state index is 0.588. The van der Waals surface area contributed by atoms with E-state index in [2.05, 4.69) is 107 Å². The Bertz CT molecular complexity index is 1230. The third kappa shape index (κ3) is 4.95. The van der Waals surface area contributed by atoms with Crippen molar-refractivity contribution < 1.29 is 0 Å².